The number of aryl methyl sites for hydroxylation is 2. The molecule has 2 fully saturated rings. The van der Waals surface area contributed by atoms with Crippen LogP contribution in [0.1, 0.15) is 68.2 Å². The maximum atomic E-state index is 13.8. The number of para-hydroxylation sites is 1. The maximum Gasteiger partial charge on any atom is 0.267 e. The van der Waals surface area contributed by atoms with Gasteiger partial charge in [-0.3, -0.25) is 9.69 Å². The Hall–Kier alpha value is -3.51. The Morgan fingerprint density at radius 1 is 0.950 bits per heavy atom. The lowest BCUT2D eigenvalue weighted by atomic mass is 9.94. The Kier molecular flexibility index (Phi) is 9.27. The second kappa shape index (κ2) is 13.2. The van der Waals surface area contributed by atoms with Crippen molar-refractivity contribution in [3.63, 3.8) is 0 Å². The lowest BCUT2D eigenvalue weighted by molar-refractivity contribution is -0.124. The third-order valence-corrected chi connectivity index (χ3v) is 8.39. The second-order valence-corrected chi connectivity index (χ2v) is 11.4. The Balaban J connectivity index is 1.43. The lowest BCUT2D eigenvalue weighted by Gasteiger charge is -2.30. The van der Waals surface area contributed by atoms with Crippen LogP contribution in [-0.4, -0.2) is 28.6 Å². The Labute approximate surface area is 242 Å². The first-order valence-electron chi connectivity index (χ1n) is 14.4. The van der Waals surface area contributed by atoms with Crippen LogP contribution in [0.25, 0.3) is 6.08 Å². The highest BCUT2D eigenvalue weighted by Gasteiger charge is 2.38. The molecule has 3 aromatic carbocycles. The van der Waals surface area contributed by atoms with E-state index in [1.807, 2.05) is 60.4 Å². The highest BCUT2D eigenvalue weighted by Crippen LogP contribution is 2.40. The fourth-order valence-corrected chi connectivity index (χ4v) is 6.42. The SMILES string of the molecule is CCOc1cc(/C=C2/SC(=Nc3ccccc3CC)N(C3CCCCC3)C2=O)ccc1OCc1cccc(C)c1. The Morgan fingerprint density at radius 3 is 2.55 bits per heavy atom. The number of rotatable bonds is 9. The number of carbonyl (C=O) groups excluding carboxylic acids is 1. The molecule has 3 aromatic rings. The van der Waals surface area contributed by atoms with Gasteiger partial charge < -0.3 is 9.47 Å². The second-order valence-electron chi connectivity index (χ2n) is 10.4. The average Bonchev–Trinajstić information content (AvgIpc) is 3.27. The molecular weight excluding hydrogens is 516 g/mol. The summed E-state index contributed by atoms with van der Waals surface area (Å²) in [4.78, 5) is 21.5. The normalized spacial score (nSPS) is 18.1. The fraction of sp³-hybridized carbons (Fsp3) is 0.353. The number of hydrogen-bond donors (Lipinski definition) is 0. The van der Waals surface area contributed by atoms with Crippen LogP contribution in [0.5, 0.6) is 11.5 Å². The van der Waals surface area contributed by atoms with E-state index in [0.717, 1.165) is 54.1 Å². The standard InChI is InChI=1S/C34H38N2O3S/c1-4-27-14-9-10-17-29(27)35-34-36(28-15-7-6-8-16-28)33(37)32(40-34)22-25-18-19-30(31(21-25)38-5-2)39-23-26-13-11-12-24(3)20-26/h9-14,17-22,28H,4-8,15-16,23H2,1-3H3/b32-22+,35-34?. The van der Waals surface area contributed by atoms with Crippen molar-refractivity contribution in [1.29, 1.82) is 0 Å². The minimum Gasteiger partial charge on any atom is -0.490 e. The molecule has 0 spiro atoms. The predicted octanol–water partition coefficient (Wildman–Crippen LogP) is 8.47. The molecule has 0 unspecified atom stereocenters. The van der Waals surface area contributed by atoms with E-state index in [1.54, 1.807) is 0 Å². The largest absolute Gasteiger partial charge is 0.490 e. The number of carbonyl (C=O) groups is 1. The number of aliphatic imine (C=N–C) groups is 1. The summed E-state index contributed by atoms with van der Waals surface area (Å²) in [7, 11) is 0. The zero-order chi connectivity index (χ0) is 27.9. The molecule has 5 rings (SSSR count). The molecule has 1 amide bonds. The first kappa shape index (κ1) is 28.0. The van der Waals surface area contributed by atoms with E-state index in [1.165, 1.54) is 29.3 Å². The van der Waals surface area contributed by atoms with Crippen LogP contribution in [0.3, 0.4) is 0 Å². The highest BCUT2D eigenvalue weighted by atomic mass is 32.2. The van der Waals surface area contributed by atoms with Crippen molar-refractivity contribution in [1.82, 2.24) is 4.90 Å². The lowest BCUT2D eigenvalue weighted by Crippen LogP contribution is -2.40. The van der Waals surface area contributed by atoms with Gasteiger partial charge in [-0.05, 0) is 85.8 Å². The first-order chi connectivity index (χ1) is 19.6. The van der Waals surface area contributed by atoms with Gasteiger partial charge >= 0.3 is 0 Å². The summed E-state index contributed by atoms with van der Waals surface area (Å²) in [6.07, 6.45) is 8.44. The minimum absolute atomic E-state index is 0.0439. The molecule has 208 valence electrons. The minimum atomic E-state index is 0.0439. The van der Waals surface area contributed by atoms with E-state index in [2.05, 4.69) is 38.1 Å². The summed E-state index contributed by atoms with van der Waals surface area (Å²) in [5.41, 5.74) is 5.35. The average molecular weight is 555 g/mol. The molecule has 1 aliphatic carbocycles. The van der Waals surface area contributed by atoms with Gasteiger partial charge in [-0.1, -0.05) is 80.3 Å². The highest BCUT2D eigenvalue weighted by molar-refractivity contribution is 8.18. The molecule has 0 atom stereocenters. The monoisotopic (exact) mass is 554 g/mol. The van der Waals surface area contributed by atoms with Crippen molar-refractivity contribution in [3.8, 4) is 11.5 Å². The van der Waals surface area contributed by atoms with Crippen molar-refractivity contribution in [2.24, 2.45) is 4.99 Å². The number of thioether (sulfide) groups is 1. The molecule has 0 aromatic heterocycles. The van der Waals surface area contributed by atoms with Gasteiger partial charge in [0.2, 0.25) is 0 Å². The van der Waals surface area contributed by atoms with E-state index in [-0.39, 0.29) is 11.9 Å². The van der Waals surface area contributed by atoms with Crippen molar-refractivity contribution in [3.05, 3.63) is 93.9 Å². The van der Waals surface area contributed by atoms with Gasteiger partial charge in [0.1, 0.15) is 6.61 Å². The molecule has 5 nitrogen and oxygen atoms in total. The Bertz CT molecular complexity index is 1410. The topological polar surface area (TPSA) is 51.1 Å². The predicted molar refractivity (Wildman–Crippen MR) is 165 cm³/mol. The van der Waals surface area contributed by atoms with E-state index in [0.29, 0.717) is 29.6 Å². The summed E-state index contributed by atoms with van der Waals surface area (Å²) in [6.45, 7) is 7.17. The summed E-state index contributed by atoms with van der Waals surface area (Å²) < 4.78 is 12.1. The smallest absolute Gasteiger partial charge is 0.267 e. The zero-order valence-corrected chi connectivity index (χ0v) is 24.5. The van der Waals surface area contributed by atoms with Gasteiger partial charge in [0, 0.05) is 6.04 Å². The molecule has 0 radical (unpaired) electrons. The molecule has 1 heterocycles. The van der Waals surface area contributed by atoms with E-state index in [4.69, 9.17) is 14.5 Å². The third-order valence-electron chi connectivity index (χ3n) is 7.41. The van der Waals surface area contributed by atoms with Crippen LogP contribution in [-0.2, 0) is 17.8 Å². The molecule has 0 bridgehead atoms. The van der Waals surface area contributed by atoms with Gasteiger partial charge in [-0.15, -0.1) is 0 Å². The van der Waals surface area contributed by atoms with Crippen molar-refractivity contribution >= 4 is 34.6 Å². The van der Waals surface area contributed by atoms with Gasteiger partial charge in [0.05, 0.1) is 17.2 Å². The summed E-state index contributed by atoms with van der Waals surface area (Å²) in [6, 6.07) is 22.6. The van der Waals surface area contributed by atoms with Crippen LogP contribution in [0.15, 0.2) is 76.6 Å². The van der Waals surface area contributed by atoms with E-state index in [9.17, 15) is 4.79 Å². The van der Waals surface area contributed by atoms with Crippen molar-refractivity contribution in [2.45, 2.75) is 71.9 Å². The van der Waals surface area contributed by atoms with Crippen LogP contribution < -0.4 is 9.47 Å². The Morgan fingerprint density at radius 2 is 1.77 bits per heavy atom. The molecule has 1 aliphatic heterocycles. The van der Waals surface area contributed by atoms with Crippen LogP contribution >= 0.6 is 11.8 Å². The quantitative estimate of drug-likeness (QED) is 0.249. The summed E-state index contributed by atoms with van der Waals surface area (Å²) >= 11 is 1.48. The van der Waals surface area contributed by atoms with Gasteiger partial charge in [0.25, 0.3) is 5.91 Å². The number of amides is 1. The molecular formula is C34H38N2O3S. The van der Waals surface area contributed by atoms with Gasteiger partial charge in [-0.2, -0.15) is 0 Å². The van der Waals surface area contributed by atoms with Gasteiger partial charge in [-0.25, -0.2) is 4.99 Å². The summed E-state index contributed by atoms with van der Waals surface area (Å²) in [5.74, 6) is 1.41. The maximum absolute atomic E-state index is 13.8. The van der Waals surface area contributed by atoms with Crippen LogP contribution in [0.2, 0.25) is 0 Å². The molecule has 40 heavy (non-hydrogen) atoms. The number of ether oxygens (including phenoxy) is 2. The summed E-state index contributed by atoms with van der Waals surface area (Å²) in [5, 5.41) is 0.784. The molecule has 1 saturated carbocycles. The van der Waals surface area contributed by atoms with Crippen molar-refractivity contribution in [2.75, 3.05) is 6.61 Å². The van der Waals surface area contributed by atoms with Crippen LogP contribution in [0.4, 0.5) is 5.69 Å². The fourth-order valence-electron chi connectivity index (χ4n) is 5.36. The van der Waals surface area contributed by atoms with Gasteiger partial charge in [0.15, 0.2) is 16.7 Å². The number of hydrogen-bond acceptors (Lipinski definition) is 5. The van der Waals surface area contributed by atoms with E-state index >= 15 is 0 Å². The van der Waals surface area contributed by atoms with Crippen LogP contribution in [0, 0.1) is 6.92 Å². The third kappa shape index (κ3) is 6.61. The molecule has 0 N–H and O–H groups in total. The van der Waals surface area contributed by atoms with E-state index < -0.39 is 0 Å². The molecule has 2 aliphatic rings. The number of amidine groups is 1. The number of nitrogens with zero attached hydrogens (tertiary/aromatic N) is 2. The molecule has 6 heteroatoms. The first-order valence-corrected chi connectivity index (χ1v) is 15.2. The number of benzene rings is 3. The zero-order valence-electron chi connectivity index (χ0n) is 23.7. The molecule has 1 saturated heterocycles. The van der Waals surface area contributed by atoms with Crippen molar-refractivity contribution < 1.29 is 14.3 Å².